The van der Waals surface area contributed by atoms with E-state index in [4.69, 9.17) is 0 Å². The summed E-state index contributed by atoms with van der Waals surface area (Å²) in [7, 11) is 2.19. The first-order valence-electron chi connectivity index (χ1n) is 16.0. The van der Waals surface area contributed by atoms with Gasteiger partial charge >= 0.3 is 35.5 Å². The topological polar surface area (TPSA) is 226 Å². The number of hydrazone groups is 2. The molecule has 296 valence electrons. The lowest BCUT2D eigenvalue weighted by Gasteiger charge is -2.22. The van der Waals surface area contributed by atoms with Crippen molar-refractivity contribution in [3.63, 3.8) is 0 Å². The number of halogens is 6. The molecule has 0 spiro atoms. The summed E-state index contributed by atoms with van der Waals surface area (Å²) in [5.41, 5.74) is -12.0. The van der Waals surface area contributed by atoms with Gasteiger partial charge in [-0.3, -0.25) is 28.8 Å². The highest BCUT2D eigenvalue weighted by Crippen LogP contribution is 2.34. The van der Waals surface area contributed by atoms with Crippen LogP contribution >= 0.6 is 0 Å². The van der Waals surface area contributed by atoms with E-state index in [0.29, 0.717) is 31.5 Å². The lowest BCUT2D eigenvalue weighted by atomic mass is 10.00. The van der Waals surface area contributed by atoms with Crippen molar-refractivity contribution in [2.24, 2.45) is 10.2 Å². The summed E-state index contributed by atoms with van der Waals surface area (Å²) < 4.78 is 84.5. The third-order valence-corrected chi connectivity index (χ3v) is 8.54. The molecular weight excluding hydrogens is 780 g/mol. The number of alkyl halides is 6. The normalized spacial score (nSPS) is 17.6. The number of ketones is 2. The maximum Gasteiger partial charge on any atom is 0.433 e. The summed E-state index contributed by atoms with van der Waals surface area (Å²) in [5.74, 6) is -9.83. The van der Waals surface area contributed by atoms with Crippen molar-refractivity contribution in [3.8, 4) is 11.5 Å². The van der Waals surface area contributed by atoms with Gasteiger partial charge in [-0.15, -0.1) is 0 Å². The number of amides is 2. The number of Topliss-reactive ketones (excluding diaryl/α,β-unsaturated/α-hetero) is 2. The van der Waals surface area contributed by atoms with E-state index >= 15 is 0 Å². The SMILES string of the molecule is Cc1ccc(-n2c(=O)c(C3C=NN(C)C(=O)C3=O)nn(CCn3nc(C4C=NN(C)C(=O)C4=O)c(=O)n(-c4cccc(C(F)(F)F)n4)c3=O)c2=O)c(C(F)(F)F)c1. The van der Waals surface area contributed by atoms with Crippen LogP contribution in [0.25, 0.3) is 11.5 Å². The van der Waals surface area contributed by atoms with E-state index in [-0.39, 0.29) is 14.7 Å². The van der Waals surface area contributed by atoms with Crippen molar-refractivity contribution >= 4 is 35.8 Å². The van der Waals surface area contributed by atoms with Crippen molar-refractivity contribution in [2.75, 3.05) is 14.1 Å². The van der Waals surface area contributed by atoms with Gasteiger partial charge in [0.15, 0.2) is 0 Å². The van der Waals surface area contributed by atoms with Crippen LogP contribution in [0.2, 0.25) is 0 Å². The molecule has 57 heavy (non-hydrogen) atoms. The zero-order chi connectivity index (χ0) is 41.9. The Morgan fingerprint density at radius 3 is 1.63 bits per heavy atom. The van der Waals surface area contributed by atoms with E-state index < -0.39 is 117 Å². The highest BCUT2D eigenvalue weighted by Gasteiger charge is 2.40. The third-order valence-electron chi connectivity index (χ3n) is 8.54. The zero-order valence-corrected chi connectivity index (χ0v) is 29.1. The average molecular weight is 804 g/mol. The number of likely N-dealkylation sites (N-methyl/N-ethyl adjacent to an activating group) is 2. The summed E-state index contributed by atoms with van der Waals surface area (Å²) in [4.78, 5) is 109. The number of pyridine rings is 1. The van der Waals surface area contributed by atoms with Crippen LogP contribution in [0.1, 0.15) is 40.0 Å². The van der Waals surface area contributed by atoms with Gasteiger partial charge in [-0.1, -0.05) is 17.7 Å². The molecule has 5 heterocycles. The van der Waals surface area contributed by atoms with Gasteiger partial charge < -0.3 is 0 Å². The molecule has 0 N–H and O–H groups in total. The molecular formula is C32H23F6N11O8. The summed E-state index contributed by atoms with van der Waals surface area (Å²) in [6, 6.07) is 4.73. The molecule has 2 atom stereocenters. The standard InChI is InChI=1S/C32H23F6N11O8/c1-14-7-8-18(17(11-14)31(33,34)35)48-25(52)21(15-12-39-44(2)27(54)23(15)50)42-46(29(48)56)9-10-47-30(57)49(20-6-4-5-19(41-20)32(36,37)38)26(53)22(43-47)16-13-40-45(3)28(55)24(16)51/h4-8,11-13,15-16H,9-10H2,1-3H3. The van der Waals surface area contributed by atoms with Crippen LogP contribution in [0.15, 0.2) is 65.8 Å². The van der Waals surface area contributed by atoms with E-state index in [1.807, 2.05) is 0 Å². The lowest BCUT2D eigenvalue weighted by molar-refractivity contribution is -0.144. The Morgan fingerprint density at radius 2 is 1.14 bits per heavy atom. The molecule has 2 amide bonds. The van der Waals surface area contributed by atoms with Gasteiger partial charge in [0.1, 0.15) is 34.7 Å². The monoisotopic (exact) mass is 803 g/mol. The highest BCUT2D eigenvalue weighted by atomic mass is 19.4. The maximum atomic E-state index is 14.3. The largest absolute Gasteiger partial charge is 0.433 e. The molecule has 3 aromatic heterocycles. The van der Waals surface area contributed by atoms with Crippen molar-refractivity contribution in [2.45, 2.75) is 44.2 Å². The molecule has 25 heteroatoms. The molecule has 19 nitrogen and oxygen atoms in total. The Hall–Kier alpha value is -7.21. The summed E-state index contributed by atoms with van der Waals surface area (Å²) in [6.07, 6.45) is -8.65. The fraction of sp³-hybridized carbons (Fsp3) is 0.281. The van der Waals surface area contributed by atoms with Crippen LogP contribution in [-0.4, -0.2) is 93.6 Å². The quantitative estimate of drug-likeness (QED) is 0.175. The van der Waals surface area contributed by atoms with Crippen LogP contribution in [0, 0.1) is 6.92 Å². The van der Waals surface area contributed by atoms with Crippen molar-refractivity contribution in [3.05, 3.63) is 106 Å². The first-order valence-corrected chi connectivity index (χ1v) is 16.0. The Labute approximate surface area is 311 Å². The first kappa shape index (κ1) is 39.5. The molecule has 4 aromatic rings. The number of rotatable bonds is 7. The number of nitrogens with zero attached hydrogens (tertiary/aromatic N) is 11. The van der Waals surface area contributed by atoms with E-state index in [9.17, 15) is 64.7 Å². The molecule has 0 saturated heterocycles. The van der Waals surface area contributed by atoms with E-state index in [0.717, 1.165) is 50.8 Å². The van der Waals surface area contributed by atoms with Gasteiger partial charge in [-0.2, -0.15) is 46.7 Å². The number of hydrogen-bond donors (Lipinski definition) is 0. The fourth-order valence-electron chi connectivity index (χ4n) is 5.68. The smallest absolute Gasteiger partial charge is 0.287 e. The summed E-state index contributed by atoms with van der Waals surface area (Å²) in [6.45, 7) is -0.582. The van der Waals surface area contributed by atoms with Gasteiger partial charge in [-0.05, 0) is 31.2 Å². The number of hydrogen-bond acceptors (Lipinski definition) is 13. The zero-order valence-electron chi connectivity index (χ0n) is 29.1. The molecule has 0 saturated carbocycles. The number of aryl methyl sites for hydroxylation is 3. The number of aromatic nitrogens is 7. The molecule has 0 bridgehead atoms. The number of carbonyl (C=O) groups excluding carboxylic acids is 4. The molecule has 2 unspecified atom stereocenters. The first-order chi connectivity index (χ1) is 26.6. The molecule has 0 fully saturated rings. The predicted octanol–water partition coefficient (Wildman–Crippen LogP) is -0.236. The minimum absolute atomic E-state index is 0.0306. The van der Waals surface area contributed by atoms with E-state index in [1.54, 1.807) is 0 Å². The molecule has 0 radical (unpaired) electrons. The summed E-state index contributed by atoms with van der Waals surface area (Å²) in [5, 5.41) is 16.3. The summed E-state index contributed by atoms with van der Waals surface area (Å²) >= 11 is 0. The van der Waals surface area contributed by atoms with Crippen molar-refractivity contribution < 1.29 is 45.5 Å². The predicted molar refractivity (Wildman–Crippen MR) is 179 cm³/mol. The number of carbonyl (C=O) groups is 4. The molecule has 0 aliphatic carbocycles. The van der Waals surface area contributed by atoms with E-state index in [2.05, 4.69) is 25.4 Å². The maximum absolute atomic E-state index is 14.3. The second-order valence-electron chi connectivity index (χ2n) is 12.3. The van der Waals surface area contributed by atoms with Crippen molar-refractivity contribution in [1.82, 2.24) is 43.7 Å². The van der Waals surface area contributed by atoms with Gasteiger partial charge in [0.25, 0.3) is 11.1 Å². The minimum Gasteiger partial charge on any atom is -0.287 e. The molecule has 2 aliphatic rings. The lowest BCUT2D eigenvalue weighted by Crippen LogP contribution is -2.49. The Bertz CT molecular complexity index is 2710. The van der Waals surface area contributed by atoms with Gasteiger partial charge in [0.2, 0.25) is 11.6 Å². The van der Waals surface area contributed by atoms with Crippen LogP contribution in [0.4, 0.5) is 26.3 Å². The molecule has 1 aromatic carbocycles. The van der Waals surface area contributed by atoms with Crippen LogP contribution in [0.3, 0.4) is 0 Å². The van der Waals surface area contributed by atoms with Crippen LogP contribution in [-0.2, 0) is 44.6 Å². The Balaban J connectivity index is 1.57. The van der Waals surface area contributed by atoms with Crippen LogP contribution in [0.5, 0.6) is 0 Å². The fourth-order valence-corrected chi connectivity index (χ4v) is 5.68. The van der Waals surface area contributed by atoms with Gasteiger partial charge in [0, 0.05) is 26.5 Å². The van der Waals surface area contributed by atoms with Crippen molar-refractivity contribution in [1.29, 1.82) is 0 Å². The van der Waals surface area contributed by atoms with Gasteiger partial charge in [-0.25, -0.2) is 43.1 Å². The van der Waals surface area contributed by atoms with Crippen LogP contribution < -0.4 is 22.5 Å². The van der Waals surface area contributed by atoms with E-state index in [1.165, 1.54) is 6.92 Å². The van der Waals surface area contributed by atoms with Gasteiger partial charge in [0.05, 0.1) is 24.3 Å². The third kappa shape index (κ3) is 7.08. The molecule has 2 aliphatic heterocycles. The Morgan fingerprint density at radius 1 is 0.649 bits per heavy atom. The highest BCUT2D eigenvalue weighted by molar-refractivity contribution is 6.42. The second kappa shape index (κ2) is 14.1. The average Bonchev–Trinajstić information content (AvgIpc) is 3.14. The minimum atomic E-state index is -5.16. The Kier molecular flexibility index (Phi) is 9.79. The second-order valence-corrected chi connectivity index (χ2v) is 12.3. The molecule has 6 rings (SSSR count). The number of benzene rings is 1.